The van der Waals surface area contributed by atoms with Crippen molar-refractivity contribution in [3.8, 4) is 11.5 Å². The van der Waals surface area contributed by atoms with E-state index < -0.39 is 6.10 Å². The van der Waals surface area contributed by atoms with E-state index in [0.717, 1.165) is 23.5 Å². The molecule has 1 N–H and O–H groups in total. The van der Waals surface area contributed by atoms with Crippen LogP contribution in [0.2, 0.25) is 0 Å². The fourth-order valence-electron chi connectivity index (χ4n) is 1.78. The SMILES string of the molecule is CCc1cccc(Oc2ccc(C(C)O)cc2)c1. The maximum Gasteiger partial charge on any atom is 0.127 e. The Hall–Kier alpha value is -1.80. The average Bonchev–Trinajstić information content (AvgIpc) is 2.39. The third-order valence-corrected chi connectivity index (χ3v) is 2.90. The lowest BCUT2D eigenvalue weighted by atomic mass is 10.1. The van der Waals surface area contributed by atoms with E-state index >= 15 is 0 Å². The van der Waals surface area contributed by atoms with Crippen LogP contribution in [0.25, 0.3) is 0 Å². The Morgan fingerprint density at radius 1 is 1.06 bits per heavy atom. The minimum atomic E-state index is -0.442. The Balaban J connectivity index is 2.13. The van der Waals surface area contributed by atoms with Crippen molar-refractivity contribution in [1.82, 2.24) is 0 Å². The van der Waals surface area contributed by atoms with E-state index in [-0.39, 0.29) is 0 Å². The smallest absolute Gasteiger partial charge is 0.127 e. The van der Waals surface area contributed by atoms with Gasteiger partial charge in [-0.15, -0.1) is 0 Å². The molecule has 0 fully saturated rings. The summed E-state index contributed by atoms with van der Waals surface area (Å²) in [5.41, 5.74) is 2.15. The van der Waals surface area contributed by atoms with Crippen LogP contribution < -0.4 is 4.74 Å². The van der Waals surface area contributed by atoms with Gasteiger partial charge in [0, 0.05) is 0 Å². The van der Waals surface area contributed by atoms with E-state index in [9.17, 15) is 5.11 Å². The molecule has 2 nitrogen and oxygen atoms in total. The van der Waals surface area contributed by atoms with Gasteiger partial charge in [-0.2, -0.15) is 0 Å². The lowest BCUT2D eigenvalue weighted by Gasteiger charge is -2.09. The highest BCUT2D eigenvalue weighted by molar-refractivity contribution is 5.35. The van der Waals surface area contributed by atoms with Gasteiger partial charge in [-0.3, -0.25) is 0 Å². The number of aliphatic hydroxyl groups excluding tert-OH is 1. The van der Waals surface area contributed by atoms with Gasteiger partial charge in [-0.1, -0.05) is 31.2 Å². The second kappa shape index (κ2) is 5.69. The molecule has 0 bridgehead atoms. The predicted molar refractivity (Wildman–Crippen MR) is 73.0 cm³/mol. The molecule has 0 aliphatic carbocycles. The summed E-state index contributed by atoms with van der Waals surface area (Å²) in [7, 11) is 0. The van der Waals surface area contributed by atoms with Crippen molar-refractivity contribution in [2.75, 3.05) is 0 Å². The largest absolute Gasteiger partial charge is 0.457 e. The second-order valence-corrected chi connectivity index (χ2v) is 4.35. The molecule has 2 aromatic rings. The molecule has 0 aliphatic heterocycles. The van der Waals surface area contributed by atoms with Crippen LogP contribution in [-0.4, -0.2) is 5.11 Å². The van der Waals surface area contributed by atoms with Crippen LogP contribution in [0, 0.1) is 0 Å². The number of rotatable bonds is 4. The van der Waals surface area contributed by atoms with Gasteiger partial charge in [0.05, 0.1) is 6.10 Å². The van der Waals surface area contributed by atoms with Gasteiger partial charge in [-0.05, 0) is 48.7 Å². The molecule has 0 spiro atoms. The summed E-state index contributed by atoms with van der Waals surface area (Å²) in [6.45, 7) is 3.87. The number of benzene rings is 2. The average molecular weight is 242 g/mol. The zero-order valence-corrected chi connectivity index (χ0v) is 10.8. The van der Waals surface area contributed by atoms with Crippen LogP contribution in [0.5, 0.6) is 11.5 Å². The Labute approximate surface area is 108 Å². The van der Waals surface area contributed by atoms with Crippen molar-refractivity contribution in [2.24, 2.45) is 0 Å². The van der Waals surface area contributed by atoms with E-state index in [1.807, 2.05) is 42.5 Å². The van der Waals surface area contributed by atoms with Crippen molar-refractivity contribution >= 4 is 0 Å². The minimum absolute atomic E-state index is 0.442. The lowest BCUT2D eigenvalue weighted by Crippen LogP contribution is -1.91. The quantitative estimate of drug-likeness (QED) is 0.874. The molecule has 0 aromatic heterocycles. The van der Waals surface area contributed by atoms with Gasteiger partial charge in [-0.25, -0.2) is 0 Å². The fraction of sp³-hybridized carbons (Fsp3) is 0.250. The Bertz CT molecular complexity index is 501. The molecule has 0 heterocycles. The first-order chi connectivity index (χ1) is 8.69. The molecule has 2 heteroatoms. The summed E-state index contributed by atoms with van der Waals surface area (Å²) in [4.78, 5) is 0. The zero-order chi connectivity index (χ0) is 13.0. The molecule has 2 aromatic carbocycles. The summed E-state index contributed by atoms with van der Waals surface area (Å²) in [6, 6.07) is 15.6. The lowest BCUT2D eigenvalue weighted by molar-refractivity contribution is 0.199. The van der Waals surface area contributed by atoms with Gasteiger partial charge < -0.3 is 9.84 Å². The van der Waals surface area contributed by atoms with E-state index in [1.165, 1.54) is 5.56 Å². The first-order valence-corrected chi connectivity index (χ1v) is 6.24. The van der Waals surface area contributed by atoms with Crippen LogP contribution in [0.1, 0.15) is 31.1 Å². The number of hydrogen-bond donors (Lipinski definition) is 1. The van der Waals surface area contributed by atoms with Gasteiger partial charge in [0.2, 0.25) is 0 Å². The molecule has 0 saturated carbocycles. The minimum Gasteiger partial charge on any atom is -0.457 e. The Kier molecular flexibility index (Phi) is 4.00. The monoisotopic (exact) mass is 242 g/mol. The molecule has 0 aliphatic rings. The zero-order valence-electron chi connectivity index (χ0n) is 10.8. The van der Waals surface area contributed by atoms with Crippen molar-refractivity contribution < 1.29 is 9.84 Å². The molecular formula is C16H18O2. The van der Waals surface area contributed by atoms with Gasteiger partial charge in [0.15, 0.2) is 0 Å². The van der Waals surface area contributed by atoms with Crippen molar-refractivity contribution in [2.45, 2.75) is 26.4 Å². The van der Waals surface area contributed by atoms with Crippen molar-refractivity contribution in [1.29, 1.82) is 0 Å². The van der Waals surface area contributed by atoms with Crippen molar-refractivity contribution in [3.05, 3.63) is 59.7 Å². The van der Waals surface area contributed by atoms with Gasteiger partial charge in [0.1, 0.15) is 11.5 Å². The molecule has 0 amide bonds. The predicted octanol–water partition coefficient (Wildman–Crippen LogP) is 4.09. The third-order valence-electron chi connectivity index (χ3n) is 2.90. The highest BCUT2D eigenvalue weighted by atomic mass is 16.5. The molecule has 2 rings (SSSR count). The summed E-state index contributed by atoms with van der Waals surface area (Å²) < 4.78 is 5.77. The fourth-order valence-corrected chi connectivity index (χ4v) is 1.78. The van der Waals surface area contributed by atoms with E-state index in [0.29, 0.717) is 0 Å². The van der Waals surface area contributed by atoms with Crippen LogP contribution in [0.4, 0.5) is 0 Å². The second-order valence-electron chi connectivity index (χ2n) is 4.35. The van der Waals surface area contributed by atoms with Gasteiger partial charge in [0.25, 0.3) is 0 Å². The highest BCUT2D eigenvalue weighted by Gasteiger charge is 2.02. The van der Waals surface area contributed by atoms with E-state index in [4.69, 9.17) is 4.74 Å². The third kappa shape index (κ3) is 3.11. The molecule has 1 unspecified atom stereocenters. The Morgan fingerprint density at radius 2 is 1.78 bits per heavy atom. The van der Waals surface area contributed by atoms with E-state index in [2.05, 4.69) is 13.0 Å². The summed E-state index contributed by atoms with van der Waals surface area (Å²) in [6.07, 6.45) is 0.556. The molecule has 94 valence electrons. The number of hydrogen-bond acceptors (Lipinski definition) is 2. The van der Waals surface area contributed by atoms with Crippen LogP contribution in [0.3, 0.4) is 0 Å². The standard InChI is InChI=1S/C16H18O2/c1-3-13-5-4-6-16(11-13)18-15-9-7-14(8-10-15)12(2)17/h4-12,17H,3H2,1-2H3. The maximum absolute atomic E-state index is 9.43. The van der Waals surface area contributed by atoms with Crippen molar-refractivity contribution in [3.63, 3.8) is 0 Å². The normalized spacial score (nSPS) is 12.2. The molecule has 0 radical (unpaired) electrons. The molecule has 18 heavy (non-hydrogen) atoms. The first-order valence-electron chi connectivity index (χ1n) is 6.24. The number of aryl methyl sites for hydroxylation is 1. The highest BCUT2D eigenvalue weighted by Crippen LogP contribution is 2.24. The van der Waals surface area contributed by atoms with Gasteiger partial charge >= 0.3 is 0 Å². The topological polar surface area (TPSA) is 29.5 Å². The molecule has 0 saturated heterocycles. The Morgan fingerprint density at radius 3 is 2.39 bits per heavy atom. The summed E-state index contributed by atoms with van der Waals surface area (Å²) in [5.74, 6) is 1.63. The molecule has 1 atom stereocenters. The van der Waals surface area contributed by atoms with E-state index in [1.54, 1.807) is 6.92 Å². The summed E-state index contributed by atoms with van der Waals surface area (Å²) in [5, 5.41) is 9.43. The first kappa shape index (κ1) is 12.7. The summed E-state index contributed by atoms with van der Waals surface area (Å²) >= 11 is 0. The van der Waals surface area contributed by atoms with Crippen LogP contribution in [-0.2, 0) is 6.42 Å². The number of aliphatic hydroxyl groups is 1. The number of ether oxygens (including phenoxy) is 1. The molecular weight excluding hydrogens is 224 g/mol. The van der Waals surface area contributed by atoms with Crippen LogP contribution in [0.15, 0.2) is 48.5 Å². The van der Waals surface area contributed by atoms with Crippen LogP contribution >= 0.6 is 0 Å². The maximum atomic E-state index is 9.43.